The van der Waals surface area contributed by atoms with Gasteiger partial charge in [0.15, 0.2) is 11.0 Å². The van der Waals surface area contributed by atoms with E-state index in [0.717, 1.165) is 50.9 Å². The smallest absolute Gasteiger partial charge is 0.191 e. The van der Waals surface area contributed by atoms with Crippen LogP contribution < -0.4 is 4.74 Å². The van der Waals surface area contributed by atoms with Crippen molar-refractivity contribution in [2.24, 2.45) is 0 Å². The van der Waals surface area contributed by atoms with Gasteiger partial charge in [0.25, 0.3) is 0 Å². The molecule has 0 aliphatic rings. The molecule has 5 nitrogen and oxygen atoms in total. The van der Waals surface area contributed by atoms with Crippen LogP contribution in [-0.2, 0) is 12.3 Å². The summed E-state index contributed by atoms with van der Waals surface area (Å²) in [5, 5.41) is 12.8. The van der Waals surface area contributed by atoms with Crippen LogP contribution in [0.2, 0.25) is 0 Å². The summed E-state index contributed by atoms with van der Waals surface area (Å²) < 4.78 is 7.46. The van der Waals surface area contributed by atoms with E-state index in [2.05, 4.69) is 45.3 Å². The lowest BCUT2D eigenvalue weighted by Crippen LogP contribution is -1.99. The monoisotopic (exact) mass is 408 g/mol. The molecule has 0 atom stereocenters. The Balaban J connectivity index is 1.50. The SMILES string of the molecule is CCn1c(SCc2csc(-c3cccc(OC)c3)n2)nnc1-c1ccccc1. The third-order valence-corrected chi connectivity index (χ3v) is 6.22. The van der Waals surface area contributed by atoms with Crippen LogP contribution in [0.1, 0.15) is 12.6 Å². The standard InChI is InChI=1S/C21H20N4OS2/c1-3-25-19(15-8-5-4-6-9-15)23-24-21(25)28-14-17-13-27-20(22-17)16-10-7-11-18(12-16)26-2/h4-13H,3,14H2,1-2H3. The predicted octanol–water partition coefficient (Wildman–Crippen LogP) is 5.39. The Labute approximate surface area is 172 Å². The zero-order valence-corrected chi connectivity index (χ0v) is 17.3. The van der Waals surface area contributed by atoms with Crippen molar-refractivity contribution in [1.29, 1.82) is 0 Å². The van der Waals surface area contributed by atoms with E-state index in [4.69, 9.17) is 9.72 Å². The van der Waals surface area contributed by atoms with Gasteiger partial charge in [-0.1, -0.05) is 54.2 Å². The molecule has 0 aliphatic carbocycles. The molecule has 0 N–H and O–H groups in total. The minimum absolute atomic E-state index is 0.757. The second-order valence-electron chi connectivity index (χ2n) is 6.08. The van der Waals surface area contributed by atoms with E-state index in [9.17, 15) is 0 Å². The maximum atomic E-state index is 5.31. The van der Waals surface area contributed by atoms with Crippen LogP contribution in [-0.4, -0.2) is 26.9 Å². The van der Waals surface area contributed by atoms with Crippen LogP contribution in [0.25, 0.3) is 22.0 Å². The Hall–Kier alpha value is -2.64. The molecule has 2 aromatic heterocycles. The largest absolute Gasteiger partial charge is 0.497 e. The minimum atomic E-state index is 0.757. The van der Waals surface area contributed by atoms with Crippen LogP contribution in [0, 0.1) is 0 Å². The number of hydrogen-bond donors (Lipinski definition) is 0. The van der Waals surface area contributed by atoms with Gasteiger partial charge in [-0.15, -0.1) is 21.5 Å². The highest BCUT2D eigenvalue weighted by atomic mass is 32.2. The molecule has 4 aromatic rings. The minimum Gasteiger partial charge on any atom is -0.497 e. The third kappa shape index (κ3) is 3.95. The second kappa shape index (κ2) is 8.58. The highest BCUT2D eigenvalue weighted by molar-refractivity contribution is 7.98. The summed E-state index contributed by atoms with van der Waals surface area (Å²) in [7, 11) is 1.68. The van der Waals surface area contributed by atoms with Crippen molar-refractivity contribution in [3.63, 3.8) is 0 Å². The molecule has 0 spiro atoms. The number of ether oxygens (including phenoxy) is 1. The number of thioether (sulfide) groups is 1. The molecule has 4 rings (SSSR count). The van der Waals surface area contributed by atoms with E-state index in [0.29, 0.717) is 0 Å². The van der Waals surface area contributed by atoms with Crippen molar-refractivity contribution in [3.8, 4) is 27.7 Å². The first kappa shape index (κ1) is 18.7. The molecule has 0 fully saturated rings. The first-order valence-electron chi connectivity index (χ1n) is 8.98. The number of methoxy groups -OCH3 is 1. The quantitative estimate of drug-likeness (QED) is 0.384. The Kier molecular flexibility index (Phi) is 5.73. The number of benzene rings is 2. The molecule has 0 saturated heterocycles. The second-order valence-corrected chi connectivity index (χ2v) is 7.88. The maximum Gasteiger partial charge on any atom is 0.191 e. The number of thiazole rings is 1. The van der Waals surface area contributed by atoms with Gasteiger partial charge >= 0.3 is 0 Å². The fourth-order valence-corrected chi connectivity index (χ4v) is 4.70. The predicted molar refractivity (Wildman–Crippen MR) is 115 cm³/mol. The lowest BCUT2D eigenvalue weighted by atomic mass is 10.2. The Morgan fingerprint density at radius 1 is 1.04 bits per heavy atom. The Morgan fingerprint density at radius 3 is 2.64 bits per heavy atom. The molecule has 0 amide bonds. The molecule has 0 radical (unpaired) electrons. The summed E-state index contributed by atoms with van der Waals surface area (Å²) in [6.45, 7) is 2.94. The van der Waals surface area contributed by atoms with Gasteiger partial charge in [-0.2, -0.15) is 0 Å². The van der Waals surface area contributed by atoms with E-state index in [1.165, 1.54) is 0 Å². The van der Waals surface area contributed by atoms with Gasteiger partial charge in [0.1, 0.15) is 10.8 Å². The average Bonchev–Trinajstić information content (AvgIpc) is 3.39. The molecule has 142 valence electrons. The van der Waals surface area contributed by atoms with Gasteiger partial charge in [-0.25, -0.2) is 4.98 Å². The fourth-order valence-electron chi connectivity index (χ4n) is 2.88. The first-order chi connectivity index (χ1) is 13.8. The number of hydrogen-bond acceptors (Lipinski definition) is 6. The summed E-state index contributed by atoms with van der Waals surface area (Å²) in [6.07, 6.45) is 0. The molecule has 0 saturated carbocycles. The van der Waals surface area contributed by atoms with Crippen molar-refractivity contribution in [2.75, 3.05) is 7.11 Å². The third-order valence-electron chi connectivity index (χ3n) is 4.28. The number of aromatic nitrogens is 4. The van der Waals surface area contributed by atoms with E-state index in [1.807, 2.05) is 36.4 Å². The van der Waals surface area contributed by atoms with Gasteiger partial charge in [0.2, 0.25) is 0 Å². The first-order valence-corrected chi connectivity index (χ1v) is 10.8. The highest BCUT2D eigenvalue weighted by Crippen LogP contribution is 2.30. The van der Waals surface area contributed by atoms with Crippen LogP contribution in [0.15, 0.2) is 65.1 Å². The van der Waals surface area contributed by atoms with E-state index in [-0.39, 0.29) is 0 Å². The molecule has 2 aromatic carbocycles. The lowest BCUT2D eigenvalue weighted by molar-refractivity contribution is 0.415. The molecule has 2 heterocycles. The van der Waals surface area contributed by atoms with Gasteiger partial charge in [0, 0.05) is 28.8 Å². The van der Waals surface area contributed by atoms with Crippen molar-refractivity contribution in [1.82, 2.24) is 19.7 Å². The lowest BCUT2D eigenvalue weighted by Gasteiger charge is -2.06. The Morgan fingerprint density at radius 2 is 1.86 bits per heavy atom. The Bertz CT molecular complexity index is 1060. The van der Waals surface area contributed by atoms with Crippen molar-refractivity contribution in [2.45, 2.75) is 24.4 Å². The van der Waals surface area contributed by atoms with Gasteiger partial charge in [-0.05, 0) is 19.1 Å². The van der Waals surface area contributed by atoms with E-state index in [1.54, 1.807) is 30.2 Å². The van der Waals surface area contributed by atoms with Crippen molar-refractivity contribution < 1.29 is 4.74 Å². The van der Waals surface area contributed by atoms with Crippen LogP contribution in [0.3, 0.4) is 0 Å². The molecular formula is C21H20N4OS2. The van der Waals surface area contributed by atoms with Crippen LogP contribution in [0.5, 0.6) is 5.75 Å². The van der Waals surface area contributed by atoms with Crippen LogP contribution in [0.4, 0.5) is 0 Å². The molecule has 0 bridgehead atoms. The van der Waals surface area contributed by atoms with Gasteiger partial charge < -0.3 is 9.30 Å². The number of nitrogens with zero attached hydrogens (tertiary/aromatic N) is 4. The summed E-state index contributed by atoms with van der Waals surface area (Å²) in [4.78, 5) is 4.78. The maximum absolute atomic E-state index is 5.31. The molecule has 0 unspecified atom stereocenters. The molecular weight excluding hydrogens is 388 g/mol. The molecule has 7 heteroatoms. The zero-order valence-electron chi connectivity index (χ0n) is 15.7. The van der Waals surface area contributed by atoms with Gasteiger partial charge in [-0.3, -0.25) is 0 Å². The normalized spacial score (nSPS) is 10.9. The van der Waals surface area contributed by atoms with Gasteiger partial charge in [0.05, 0.1) is 12.8 Å². The molecule has 0 aliphatic heterocycles. The van der Waals surface area contributed by atoms with Crippen LogP contribution >= 0.6 is 23.1 Å². The zero-order chi connectivity index (χ0) is 19.3. The van der Waals surface area contributed by atoms with Crippen molar-refractivity contribution >= 4 is 23.1 Å². The topological polar surface area (TPSA) is 52.8 Å². The van der Waals surface area contributed by atoms with E-state index >= 15 is 0 Å². The average molecular weight is 409 g/mol. The highest BCUT2D eigenvalue weighted by Gasteiger charge is 2.14. The summed E-state index contributed by atoms with van der Waals surface area (Å²) in [5.41, 5.74) is 3.20. The summed E-state index contributed by atoms with van der Waals surface area (Å²) in [6, 6.07) is 18.2. The fraction of sp³-hybridized carbons (Fsp3) is 0.190. The number of rotatable bonds is 7. The summed E-state index contributed by atoms with van der Waals surface area (Å²) >= 11 is 3.31. The van der Waals surface area contributed by atoms with Crippen molar-refractivity contribution in [3.05, 3.63) is 65.7 Å². The molecule has 28 heavy (non-hydrogen) atoms. The summed E-state index contributed by atoms with van der Waals surface area (Å²) in [5.74, 6) is 2.50. The van der Waals surface area contributed by atoms with E-state index < -0.39 is 0 Å².